The normalized spacial score (nSPS) is 19.5. The fourth-order valence-corrected chi connectivity index (χ4v) is 6.34. The van der Waals surface area contributed by atoms with Gasteiger partial charge < -0.3 is 15.1 Å². The van der Waals surface area contributed by atoms with Gasteiger partial charge in [0.1, 0.15) is 11.6 Å². The Morgan fingerprint density at radius 2 is 1.56 bits per heavy atom. The molecule has 2 aliphatic heterocycles. The molecule has 230 valence electrons. The Morgan fingerprint density at radius 1 is 0.976 bits per heavy atom. The summed E-state index contributed by atoms with van der Waals surface area (Å²) >= 11 is 5.74. The molecule has 0 radical (unpaired) electrons. The Labute approximate surface area is 248 Å². The molecule has 2 N–H and O–H groups in total. The molecule has 0 spiro atoms. The summed E-state index contributed by atoms with van der Waals surface area (Å²) in [6.45, 7) is 6.50. The highest BCUT2D eigenvalue weighted by Crippen LogP contribution is 2.39. The molecular formula is C30H43ClF2N2O5S. The average Bonchev–Trinajstić information content (AvgIpc) is 3.72. The number of benzene rings is 2. The molecule has 7 nitrogen and oxygen atoms in total. The third kappa shape index (κ3) is 11.6. The molecule has 2 saturated heterocycles. The maximum atomic E-state index is 12.2. The Bertz CT molecular complexity index is 1140. The van der Waals surface area contributed by atoms with Crippen LogP contribution in [0.5, 0.6) is 0 Å². The number of rotatable bonds is 6. The second-order valence-electron chi connectivity index (χ2n) is 10.0. The number of piperidine rings is 1. The summed E-state index contributed by atoms with van der Waals surface area (Å²) in [6.07, 6.45) is 6.19. The van der Waals surface area contributed by atoms with Gasteiger partial charge in [-0.1, -0.05) is 37.9 Å². The number of hydrogen-bond acceptors (Lipinski definition) is 5. The third-order valence-corrected chi connectivity index (χ3v) is 9.14. The minimum atomic E-state index is -3.30. The van der Waals surface area contributed by atoms with E-state index in [4.69, 9.17) is 16.7 Å². The van der Waals surface area contributed by atoms with Gasteiger partial charge in [-0.25, -0.2) is 17.2 Å². The number of aliphatic hydroxyl groups is 2. The number of halogens is 3. The minimum Gasteiger partial charge on any atom is -0.396 e. The molecule has 1 aliphatic carbocycles. The fourth-order valence-electron chi connectivity index (χ4n) is 4.70. The van der Waals surface area contributed by atoms with Crippen molar-refractivity contribution in [2.75, 3.05) is 32.8 Å². The largest absolute Gasteiger partial charge is 0.396 e. The molecule has 2 aromatic rings. The van der Waals surface area contributed by atoms with Gasteiger partial charge in [0.2, 0.25) is 15.9 Å². The molecule has 11 heteroatoms. The van der Waals surface area contributed by atoms with E-state index in [2.05, 4.69) is 0 Å². The zero-order valence-electron chi connectivity index (χ0n) is 23.9. The number of sulfonamides is 1. The molecule has 1 amide bonds. The number of hydrogen-bond donors (Lipinski definition) is 2. The number of amides is 1. The van der Waals surface area contributed by atoms with Crippen molar-refractivity contribution >= 4 is 27.5 Å². The van der Waals surface area contributed by atoms with E-state index in [-0.39, 0.29) is 24.5 Å². The van der Waals surface area contributed by atoms with Crippen molar-refractivity contribution in [3.63, 3.8) is 0 Å². The smallest absolute Gasteiger partial charge is 0.243 e. The molecule has 1 unspecified atom stereocenters. The number of β-amino-alcohol motifs (C(OH)–C–C–N with tert-alkyl or cyclic N) is 1. The second kappa shape index (κ2) is 17.8. The van der Waals surface area contributed by atoms with Crippen molar-refractivity contribution in [2.45, 2.75) is 69.8 Å². The summed E-state index contributed by atoms with van der Waals surface area (Å²) in [4.78, 5) is 14.2. The van der Waals surface area contributed by atoms with Crippen molar-refractivity contribution < 1.29 is 32.2 Å². The highest BCUT2D eigenvalue weighted by Gasteiger charge is 2.39. The highest BCUT2D eigenvalue weighted by atomic mass is 35.5. The summed E-state index contributed by atoms with van der Waals surface area (Å²) in [7, 11) is -3.30. The van der Waals surface area contributed by atoms with Gasteiger partial charge in [-0.2, -0.15) is 4.31 Å². The molecule has 5 rings (SSSR count). The van der Waals surface area contributed by atoms with Gasteiger partial charge >= 0.3 is 0 Å². The lowest BCUT2D eigenvalue weighted by molar-refractivity contribution is -0.136. The van der Waals surface area contributed by atoms with E-state index in [0.29, 0.717) is 54.9 Å². The van der Waals surface area contributed by atoms with Gasteiger partial charge in [0, 0.05) is 49.8 Å². The highest BCUT2D eigenvalue weighted by molar-refractivity contribution is 7.89. The van der Waals surface area contributed by atoms with Crippen LogP contribution < -0.4 is 0 Å². The van der Waals surface area contributed by atoms with Crippen LogP contribution in [-0.2, 0) is 14.8 Å². The number of carbonyl (C=O) groups excluding carboxylic acids is 1. The Hall–Kier alpha value is -2.11. The molecule has 41 heavy (non-hydrogen) atoms. The quantitative estimate of drug-likeness (QED) is 0.447. The Kier molecular flexibility index (Phi) is 15.2. The fraction of sp³-hybridized carbons (Fsp3) is 0.567. The predicted molar refractivity (Wildman–Crippen MR) is 157 cm³/mol. The molecule has 3 fully saturated rings. The maximum Gasteiger partial charge on any atom is 0.243 e. The van der Waals surface area contributed by atoms with E-state index in [1.807, 2.05) is 13.8 Å². The van der Waals surface area contributed by atoms with E-state index in [1.54, 1.807) is 33.5 Å². The van der Waals surface area contributed by atoms with Gasteiger partial charge in [0.15, 0.2) is 0 Å². The maximum absolute atomic E-state index is 12.2. The van der Waals surface area contributed by atoms with Gasteiger partial charge in [-0.15, -0.1) is 0 Å². The van der Waals surface area contributed by atoms with Crippen LogP contribution >= 0.6 is 11.6 Å². The summed E-state index contributed by atoms with van der Waals surface area (Å²) in [5.41, 5.74) is 0. The van der Waals surface area contributed by atoms with Crippen LogP contribution in [0.3, 0.4) is 0 Å². The Morgan fingerprint density at radius 3 is 2.00 bits per heavy atom. The van der Waals surface area contributed by atoms with Crippen LogP contribution in [0.1, 0.15) is 58.8 Å². The number of nitrogens with zero attached hydrogens (tertiary/aromatic N) is 2. The predicted octanol–water partition coefficient (Wildman–Crippen LogP) is 5.49. The van der Waals surface area contributed by atoms with Crippen molar-refractivity contribution in [3.8, 4) is 0 Å². The molecule has 2 aromatic carbocycles. The average molecular weight is 617 g/mol. The first kappa shape index (κ1) is 35.1. The summed E-state index contributed by atoms with van der Waals surface area (Å²) in [5.74, 6) is -0.444. The summed E-state index contributed by atoms with van der Waals surface area (Å²) in [5, 5.41) is 18.9. The molecule has 0 bridgehead atoms. The van der Waals surface area contributed by atoms with E-state index in [1.165, 1.54) is 18.2 Å². The van der Waals surface area contributed by atoms with E-state index in [9.17, 15) is 27.1 Å². The zero-order valence-corrected chi connectivity index (χ0v) is 25.5. The SMILES string of the molecule is CC.Fc1cccc(F)c1.O=C(C(CCO)C1CC1)N1CC[C@H](O)C1.O=S(=O)(c1ccc(Cl)cc1)N1CCCCC1. The molecule has 0 aromatic heterocycles. The van der Waals surface area contributed by atoms with E-state index >= 15 is 0 Å². The first-order chi connectivity index (χ1) is 19.6. The van der Waals surface area contributed by atoms with Gasteiger partial charge in [-0.3, -0.25) is 4.79 Å². The van der Waals surface area contributed by atoms with Crippen molar-refractivity contribution in [3.05, 3.63) is 65.2 Å². The van der Waals surface area contributed by atoms with Crippen molar-refractivity contribution in [1.82, 2.24) is 9.21 Å². The number of carbonyl (C=O) groups is 1. The molecule has 2 atom stereocenters. The van der Waals surface area contributed by atoms with Crippen LogP contribution in [0.4, 0.5) is 8.78 Å². The molecule has 2 heterocycles. The van der Waals surface area contributed by atoms with Crippen LogP contribution in [0.15, 0.2) is 53.4 Å². The summed E-state index contributed by atoms with van der Waals surface area (Å²) < 4.78 is 49.8. The number of likely N-dealkylation sites (tertiary alicyclic amines) is 1. The lowest BCUT2D eigenvalue weighted by Gasteiger charge is -2.25. The zero-order chi connectivity index (χ0) is 30.4. The van der Waals surface area contributed by atoms with Gasteiger partial charge in [0.05, 0.1) is 11.0 Å². The van der Waals surface area contributed by atoms with Crippen molar-refractivity contribution in [2.24, 2.45) is 11.8 Å². The van der Waals surface area contributed by atoms with E-state index in [0.717, 1.165) is 38.2 Å². The van der Waals surface area contributed by atoms with Gasteiger partial charge in [-0.05, 0) is 80.8 Å². The van der Waals surface area contributed by atoms with Crippen LogP contribution in [-0.4, -0.2) is 72.6 Å². The minimum absolute atomic E-state index is 0.000278. The van der Waals surface area contributed by atoms with Crippen LogP contribution in [0.2, 0.25) is 5.02 Å². The van der Waals surface area contributed by atoms with Crippen LogP contribution in [0.25, 0.3) is 0 Å². The lowest BCUT2D eigenvalue weighted by atomic mass is 9.98. The molecule has 1 saturated carbocycles. The van der Waals surface area contributed by atoms with E-state index < -0.39 is 21.7 Å². The first-order valence-corrected chi connectivity index (χ1v) is 16.2. The third-order valence-electron chi connectivity index (χ3n) is 6.98. The monoisotopic (exact) mass is 616 g/mol. The Balaban J connectivity index is 0.000000219. The standard InChI is InChI=1S/C11H14ClNO2S.C11H19NO3.C6H4F2.C2H6/c12-10-4-6-11(7-5-10)16(14,15)13-8-2-1-3-9-13;13-6-4-10(8-1-2-8)11(15)12-5-3-9(14)7-12;7-5-2-1-3-6(8)4-5;1-2/h4-7H,1-3,8-9H2;8-10,13-14H,1-7H2;1-4H;1-2H3/t;9-,10?;;/m.0../s1. The van der Waals surface area contributed by atoms with Gasteiger partial charge in [0.25, 0.3) is 0 Å². The second-order valence-corrected chi connectivity index (χ2v) is 12.4. The lowest BCUT2D eigenvalue weighted by Crippen LogP contribution is -2.36. The molecule has 3 aliphatic rings. The topological polar surface area (TPSA) is 98.1 Å². The first-order valence-electron chi connectivity index (χ1n) is 14.4. The number of aliphatic hydroxyl groups excluding tert-OH is 2. The summed E-state index contributed by atoms with van der Waals surface area (Å²) in [6, 6.07) is 10.9. The van der Waals surface area contributed by atoms with Crippen molar-refractivity contribution in [1.29, 1.82) is 0 Å². The molecular weight excluding hydrogens is 574 g/mol. The van der Waals surface area contributed by atoms with Crippen LogP contribution in [0, 0.1) is 23.5 Å².